The van der Waals surface area contributed by atoms with E-state index in [0.717, 1.165) is 78.1 Å². The number of alkyl halides is 1. The Hall–Kier alpha value is -1.81. The molecule has 0 saturated carbocycles. The fraction of sp³-hybridized carbons (Fsp3) is 0.364. The third kappa shape index (κ3) is 4.12. The van der Waals surface area contributed by atoms with Gasteiger partial charge in [0.2, 0.25) is 0 Å². The number of phenols is 2. The molecule has 0 bridgehead atoms. The molecule has 2 N–H and O–H groups in total. The van der Waals surface area contributed by atoms with Crippen molar-refractivity contribution in [2.75, 3.05) is 5.33 Å². The monoisotopic (exact) mass is 418 g/mol. The van der Waals surface area contributed by atoms with Crippen molar-refractivity contribution < 1.29 is 14.6 Å². The van der Waals surface area contributed by atoms with E-state index in [-0.39, 0.29) is 5.75 Å². The van der Waals surface area contributed by atoms with Gasteiger partial charge < -0.3 is 10.2 Å². The maximum absolute atomic E-state index is 14.0. The highest BCUT2D eigenvalue weighted by Crippen LogP contribution is 2.42. The van der Waals surface area contributed by atoms with E-state index in [1.807, 2.05) is 6.07 Å². The van der Waals surface area contributed by atoms with Gasteiger partial charge in [-0.1, -0.05) is 40.5 Å². The Bertz CT molecular complexity index is 814. The molecule has 26 heavy (non-hydrogen) atoms. The minimum Gasteiger partial charge on any atom is -0.507 e. The molecule has 0 aliphatic heterocycles. The number of fused-ring (bicyclic) bond motifs is 1. The van der Waals surface area contributed by atoms with E-state index in [9.17, 15) is 14.6 Å². The molecule has 1 aliphatic rings. The number of unbranched alkanes of at least 4 members (excludes halogenated alkanes) is 2. The lowest BCUT2D eigenvalue weighted by molar-refractivity contribution is 0.432. The number of hydrogen-bond donors (Lipinski definition) is 2. The summed E-state index contributed by atoms with van der Waals surface area (Å²) in [5, 5.41) is 21.1. The SMILES string of the molecule is Oc1ccc(C2=C(CCCCCBr)c3c(O)cccc3CCC2)cc1F. The molecule has 0 unspecified atom stereocenters. The second-order valence-electron chi connectivity index (χ2n) is 6.79. The van der Waals surface area contributed by atoms with Gasteiger partial charge in [-0.3, -0.25) is 0 Å². The lowest BCUT2D eigenvalue weighted by Crippen LogP contribution is -1.96. The van der Waals surface area contributed by atoms with Gasteiger partial charge >= 0.3 is 0 Å². The van der Waals surface area contributed by atoms with E-state index < -0.39 is 5.82 Å². The molecule has 2 nitrogen and oxygen atoms in total. The predicted octanol–water partition coefficient (Wildman–Crippen LogP) is 6.44. The molecule has 138 valence electrons. The fourth-order valence-electron chi connectivity index (χ4n) is 3.76. The molecule has 0 aromatic heterocycles. The van der Waals surface area contributed by atoms with E-state index in [4.69, 9.17) is 0 Å². The summed E-state index contributed by atoms with van der Waals surface area (Å²) in [5.41, 5.74) is 5.09. The van der Waals surface area contributed by atoms with Crippen LogP contribution in [0.3, 0.4) is 0 Å². The molecule has 0 amide bonds. The van der Waals surface area contributed by atoms with Gasteiger partial charge in [0.25, 0.3) is 0 Å². The number of allylic oxidation sites excluding steroid dienone is 2. The first kappa shape index (κ1) is 19.0. The van der Waals surface area contributed by atoms with Gasteiger partial charge in [0.15, 0.2) is 11.6 Å². The number of hydrogen-bond acceptors (Lipinski definition) is 2. The van der Waals surface area contributed by atoms with Crippen LogP contribution in [0.5, 0.6) is 11.5 Å². The minimum atomic E-state index is -0.601. The number of aromatic hydroxyl groups is 2. The van der Waals surface area contributed by atoms with Gasteiger partial charge in [-0.25, -0.2) is 4.39 Å². The van der Waals surface area contributed by atoms with Crippen LogP contribution in [0, 0.1) is 5.82 Å². The van der Waals surface area contributed by atoms with E-state index in [1.54, 1.807) is 12.1 Å². The zero-order valence-corrected chi connectivity index (χ0v) is 16.4. The van der Waals surface area contributed by atoms with Crippen molar-refractivity contribution in [1.29, 1.82) is 0 Å². The van der Waals surface area contributed by atoms with E-state index >= 15 is 0 Å². The van der Waals surface area contributed by atoms with Crippen molar-refractivity contribution in [2.24, 2.45) is 0 Å². The summed E-state index contributed by atoms with van der Waals surface area (Å²) in [6.45, 7) is 0. The molecular formula is C22H24BrFO2. The lowest BCUT2D eigenvalue weighted by atomic mass is 9.88. The van der Waals surface area contributed by atoms with Gasteiger partial charge in [-0.15, -0.1) is 0 Å². The number of aryl methyl sites for hydroxylation is 1. The van der Waals surface area contributed by atoms with Crippen LogP contribution in [-0.2, 0) is 6.42 Å². The second-order valence-corrected chi connectivity index (χ2v) is 7.58. The molecule has 0 fully saturated rings. The molecule has 2 aromatic carbocycles. The van der Waals surface area contributed by atoms with Gasteiger partial charge in [0, 0.05) is 10.9 Å². The molecule has 0 heterocycles. The van der Waals surface area contributed by atoms with E-state index in [2.05, 4.69) is 22.0 Å². The largest absolute Gasteiger partial charge is 0.507 e. The van der Waals surface area contributed by atoms with Crippen molar-refractivity contribution in [3.8, 4) is 11.5 Å². The van der Waals surface area contributed by atoms with Crippen molar-refractivity contribution in [3.05, 3.63) is 58.9 Å². The average Bonchev–Trinajstić information content (AvgIpc) is 2.81. The molecule has 0 radical (unpaired) electrons. The van der Waals surface area contributed by atoms with Crippen molar-refractivity contribution in [2.45, 2.75) is 44.9 Å². The lowest BCUT2D eigenvalue weighted by Gasteiger charge is -2.17. The molecule has 0 atom stereocenters. The highest BCUT2D eigenvalue weighted by molar-refractivity contribution is 9.09. The standard InChI is InChI=1S/C22H24BrFO2/c23-13-3-1-2-8-18-17(16-11-12-20(25)19(24)14-16)9-4-6-15-7-5-10-21(26)22(15)18/h5,7,10-12,14,25-26H,1-4,6,8-9,13H2. The third-order valence-corrected chi connectivity index (χ3v) is 5.58. The quantitative estimate of drug-likeness (QED) is 0.418. The Kier molecular flexibility index (Phi) is 6.36. The van der Waals surface area contributed by atoms with E-state index in [0.29, 0.717) is 5.75 Å². The first-order valence-corrected chi connectivity index (χ1v) is 10.3. The Morgan fingerprint density at radius 3 is 2.58 bits per heavy atom. The van der Waals surface area contributed by atoms with Gasteiger partial charge in [-0.2, -0.15) is 0 Å². The zero-order chi connectivity index (χ0) is 18.5. The molecule has 2 aromatic rings. The molecule has 0 spiro atoms. The summed E-state index contributed by atoms with van der Waals surface area (Å²) in [4.78, 5) is 0. The average molecular weight is 419 g/mol. The highest BCUT2D eigenvalue weighted by atomic mass is 79.9. The molecular weight excluding hydrogens is 395 g/mol. The normalized spacial score (nSPS) is 14.2. The first-order chi connectivity index (χ1) is 12.6. The van der Waals surface area contributed by atoms with Gasteiger partial charge in [-0.05, 0) is 79.0 Å². The molecule has 0 saturated heterocycles. The molecule has 1 aliphatic carbocycles. The Labute approximate surface area is 162 Å². The maximum Gasteiger partial charge on any atom is 0.165 e. The summed E-state index contributed by atoms with van der Waals surface area (Å²) >= 11 is 3.47. The van der Waals surface area contributed by atoms with Gasteiger partial charge in [0.1, 0.15) is 5.75 Å². The zero-order valence-electron chi connectivity index (χ0n) is 14.8. The number of rotatable bonds is 6. The van der Waals surface area contributed by atoms with Crippen LogP contribution in [0.25, 0.3) is 11.1 Å². The van der Waals surface area contributed by atoms with Crippen LogP contribution < -0.4 is 0 Å². The first-order valence-electron chi connectivity index (χ1n) is 9.20. The second kappa shape index (κ2) is 8.72. The maximum atomic E-state index is 14.0. The minimum absolute atomic E-state index is 0.302. The summed E-state index contributed by atoms with van der Waals surface area (Å²) < 4.78 is 14.0. The number of phenolic OH excluding ortho intramolecular Hbond substituents is 2. The summed E-state index contributed by atoms with van der Waals surface area (Å²) in [6.07, 6.45) is 6.80. The van der Waals surface area contributed by atoms with Crippen molar-refractivity contribution in [3.63, 3.8) is 0 Å². The molecule has 4 heteroatoms. The van der Waals surface area contributed by atoms with Crippen LogP contribution in [0.2, 0.25) is 0 Å². The smallest absolute Gasteiger partial charge is 0.165 e. The Balaban J connectivity index is 2.09. The topological polar surface area (TPSA) is 40.5 Å². The number of benzene rings is 2. The van der Waals surface area contributed by atoms with Crippen LogP contribution in [0.1, 0.15) is 55.2 Å². The summed E-state index contributed by atoms with van der Waals surface area (Å²) in [5.74, 6) is -0.628. The molecule has 3 rings (SSSR count). The highest BCUT2D eigenvalue weighted by Gasteiger charge is 2.21. The van der Waals surface area contributed by atoms with Crippen LogP contribution in [-0.4, -0.2) is 15.5 Å². The summed E-state index contributed by atoms with van der Waals surface area (Å²) in [7, 11) is 0. The number of halogens is 2. The Morgan fingerprint density at radius 1 is 0.962 bits per heavy atom. The van der Waals surface area contributed by atoms with Gasteiger partial charge in [0.05, 0.1) is 0 Å². The Morgan fingerprint density at radius 2 is 1.81 bits per heavy atom. The van der Waals surface area contributed by atoms with Crippen LogP contribution in [0.15, 0.2) is 36.4 Å². The predicted molar refractivity (Wildman–Crippen MR) is 108 cm³/mol. The summed E-state index contributed by atoms with van der Waals surface area (Å²) in [6, 6.07) is 10.3. The van der Waals surface area contributed by atoms with Crippen LogP contribution >= 0.6 is 15.9 Å². The third-order valence-electron chi connectivity index (χ3n) is 5.02. The van der Waals surface area contributed by atoms with Crippen molar-refractivity contribution >= 4 is 27.1 Å². The van der Waals surface area contributed by atoms with E-state index in [1.165, 1.54) is 12.1 Å². The van der Waals surface area contributed by atoms with Crippen LogP contribution in [0.4, 0.5) is 4.39 Å². The fourth-order valence-corrected chi connectivity index (χ4v) is 4.16. The van der Waals surface area contributed by atoms with Crippen molar-refractivity contribution in [1.82, 2.24) is 0 Å².